The lowest BCUT2D eigenvalue weighted by Crippen LogP contribution is -2.37. The fraction of sp³-hybridized carbons (Fsp3) is 0.600. The lowest BCUT2D eigenvalue weighted by Gasteiger charge is -2.28. The van der Waals surface area contributed by atoms with Gasteiger partial charge < -0.3 is 43.2 Å². The van der Waals surface area contributed by atoms with Crippen LogP contribution in [0.2, 0.25) is 0 Å². The molecule has 0 amide bonds. The first kappa shape index (κ1) is 59.5. The zero-order chi connectivity index (χ0) is 46.9. The Kier molecular flexibility index (Phi) is 37.9. The molecule has 13 heteroatoms. The van der Waals surface area contributed by atoms with E-state index in [1.54, 1.807) is 42.5 Å². The molecular weight excluding hydrogens is 822 g/mol. The van der Waals surface area contributed by atoms with Crippen LogP contribution in [0.5, 0.6) is 0 Å². The number of unbranched alkanes of at least 4 members (excludes halogenated alkanes) is 5. The summed E-state index contributed by atoms with van der Waals surface area (Å²) in [5.74, 6) is -1.27. The minimum atomic E-state index is -4.75. The number of likely N-dealkylation sites (N-methyl/N-ethyl adjacent to an activating group) is 1. The number of carbonyl (C=O) groups is 2. The summed E-state index contributed by atoms with van der Waals surface area (Å²) in [6.45, 7) is 3.57. The Balaban J connectivity index is 4.80. The van der Waals surface area contributed by atoms with Crippen LogP contribution in [0.4, 0.5) is 0 Å². The van der Waals surface area contributed by atoms with E-state index in [2.05, 4.69) is 62.5 Å². The van der Waals surface area contributed by atoms with Crippen molar-refractivity contribution in [2.45, 2.75) is 147 Å². The van der Waals surface area contributed by atoms with Gasteiger partial charge in [0.2, 0.25) is 0 Å². The van der Waals surface area contributed by atoms with Gasteiger partial charge in [0.25, 0.3) is 7.82 Å². The second-order valence-corrected chi connectivity index (χ2v) is 17.7. The van der Waals surface area contributed by atoms with Crippen molar-refractivity contribution in [1.82, 2.24) is 0 Å². The highest BCUT2D eigenvalue weighted by Crippen LogP contribution is 2.38. The van der Waals surface area contributed by atoms with Crippen LogP contribution in [0.3, 0.4) is 0 Å². The van der Waals surface area contributed by atoms with E-state index in [4.69, 9.17) is 18.5 Å². The Morgan fingerprint density at radius 1 is 0.619 bits per heavy atom. The van der Waals surface area contributed by atoms with Crippen molar-refractivity contribution in [2.75, 3.05) is 47.5 Å². The molecule has 0 fully saturated rings. The van der Waals surface area contributed by atoms with Gasteiger partial charge in [0.1, 0.15) is 19.8 Å². The van der Waals surface area contributed by atoms with E-state index in [0.29, 0.717) is 17.4 Å². The molecule has 5 atom stereocenters. The highest BCUT2D eigenvalue weighted by molar-refractivity contribution is 7.45. The Morgan fingerprint density at radius 3 is 1.75 bits per heavy atom. The van der Waals surface area contributed by atoms with Gasteiger partial charge in [0, 0.05) is 12.8 Å². The molecule has 1 unspecified atom stereocenters. The predicted molar refractivity (Wildman–Crippen MR) is 253 cm³/mol. The average Bonchev–Trinajstić information content (AvgIpc) is 3.23. The topological polar surface area (TPSA) is 172 Å². The average molecular weight is 904 g/mol. The fourth-order valence-electron chi connectivity index (χ4n) is 5.37. The van der Waals surface area contributed by atoms with Crippen LogP contribution in [-0.4, -0.2) is 104 Å². The number of aliphatic hydroxyl groups is 3. The number of aliphatic hydroxyl groups excluding tert-OH is 3. The molecule has 358 valence electrons. The van der Waals surface area contributed by atoms with Gasteiger partial charge in [-0.15, -0.1) is 0 Å². The van der Waals surface area contributed by atoms with Crippen molar-refractivity contribution >= 4 is 19.8 Å². The van der Waals surface area contributed by atoms with Crippen LogP contribution in [0.1, 0.15) is 123 Å². The standard InChI is InChI=1S/C50H82NO11P/c1-6-8-10-11-12-13-14-15-16-17-18-19-20-21-22-23-24-29-33-39-49(55)59-43-46(44-61-63(57,58)60-42-41-51(3,4)5)62-50(56)40-34-38-48(54)47(53)37-32-28-26-25-27-31-36-45(52)35-30-9-7-2/h12-13,15-16,18-19,21-22,24-29,31-32,36-37,45-48,52-54H,6-11,14,17,20,23,30,33-35,38-44H2,1-5H3/b13-12-,16-15-,19-18-,22-21-,27-25-,28-26+,29-24-,36-31+,37-32+/t45-,46+,47-,48-/m0/s1. The van der Waals surface area contributed by atoms with Crippen LogP contribution in [0.15, 0.2) is 109 Å². The SMILES string of the molecule is CCCCC/C=C\C/C=C\C/C=C\C/C=C\C/C=C\CCC(=O)OC[C@H](COP(=O)([O-])OCC[N+](C)(C)C)OC(=O)CCC[C@H](O)[C@@H](O)/C=C/C=C/C=C\C=C\[C@@H](O)CCCCC. The van der Waals surface area contributed by atoms with Gasteiger partial charge in [-0.2, -0.15) is 0 Å². The number of hydrogen-bond donors (Lipinski definition) is 3. The molecule has 0 saturated heterocycles. The van der Waals surface area contributed by atoms with Crippen LogP contribution in [-0.2, 0) is 32.7 Å². The van der Waals surface area contributed by atoms with Crippen LogP contribution in [0, 0.1) is 0 Å². The van der Waals surface area contributed by atoms with E-state index in [1.165, 1.54) is 25.3 Å². The highest BCUT2D eigenvalue weighted by atomic mass is 31.2. The monoisotopic (exact) mass is 904 g/mol. The molecule has 0 aromatic heterocycles. The van der Waals surface area contributed by atoms with Crippen LogP contribution < -0.4 is 4.89 Å². The number of phosphoric acid groups is 1. The molecule has 0 radical (unpaired) electrons. The molecule has 0 aromatic carbocycles. The molecule has 63 heavy (non-hydrogen) atoms. The summed E-state index contributed by atoms with van der Waals surface area (Å²) in [7, 11) is 0.891. The maximum Gasteiger partial charge on any atom is 0.306 e. The molecule has 0 saturated carbocycles. The van der Waals surface area contributed by atoms with E-state index in [0.717, 1.165) is 57.8 Å². The Labute approximate surface area is 380 Å². The molecule has 0 aliphatic heterocycles. The maximum absolute atomic E-state index is 12.7. The Hall–Kier alpha value is -3.45. The van der Waals surface area contributed by atoms with Gasteiger partial charge in [-0.25, -0.2) is 0 Å². The van der Waals surface area contributed by atoms with E-state index in [-0.39, 0.29) is 32.3 Å². The van der Waals surface area contributed by atoms with Crippen molar-refractivity contribution in [3.63, 3.8) is 0 Å². The van der Waals surface area contributed by atoms with Crippen LogP contribution >= 0.6 is 7.82 Å². The summed E-state index contributed by atoms with van der Waals surface area (Å²) >= 11 is 0. The second kappa shape index (κ2) is 40.1. The third-order valence-corrected chi connectivity index (χ3v) is 10.1. The summed E-state index contributed by atoms with van der Waals surface area (Å²) < 4.78 is 33.5. The summed E-state index contributed by atoms with van der Waals surface area (Å²) in [6, 6.07) is 0. The van der Waals surface area contributed by atoms with Gasteiger partial charge in [0.05, 0.1) is 46.1 Å². The van der Waals surface area contributed by atoms with E-state index >= 15 is 0 Å². The lowest BCUT2D eigenvalue weighted by molar-refractivity contribution is -0.870. The number of allylic oxidation sites excluding steroid dienone is 16. The zero-order valence-corrected chi connectivity index (χ0v) is 39.9. The van der Waals surface area contributed by atoms with Crippen molar-refractivity contribution in [1.29, 1.82) is 0 Å². The number of hydrogen-bond acceptors (Lipinski definition) is 11. The first-order valence-corrected chi connectivity index (χ1v) is 24.4. The third kappa shape index (κ3) is 42.3. The second-order valence-electron chi connectivity index (χ2n) is 16.3. The number of carbonyl (C=O) groups excluding carboxylic acids is 2. The minimum absolute atomic E-state index is 0.0730. The summed E-state index contributed by atoms with van der Waals surface area (Å²) in [4.78, 5) is 37.6. The number of rotatable bonds is 39. The van der Waals surface area contributed by atoms with Gasteiger partial charge in [0.15, 0.2) is 6.10 Å². The minimum Gasteiger partial charge on any atom is -0.756 e. The van der Waals surface area contributed by atoms with Gasteiger partial charge in [-0.1, -0.05) is 155 Å². The zero-order valence-electron chi connectivity index (χ0n) is 39.1. The summed E-state index contributed by atoms with van der Waals surface area (Å²) in [5.41, 5.74) is 0. The fourth-order valence-corrected chi connectivity index (χ4v) is 6.10. The van der Waals surface area contributed by atoms with Crippen molar-refractivity contribution in [2.24, 2.45) is 0 Å². The molecule has 0 rings (SSSR count). The Bertz CT molecular complexity index is 1490. The molecule has 0 bridgehead atoms. The largest absolute Gasteiger partial charge is 0.756 e. The molecule has 3 N–H and O–H groups in total. The van der Waals surface area contributed by atoms with Crippen molar-refractivity contribution in [3.05, 3.63) is 109 Å². The molecule has 0 aliphatic rings. The lowest BCUT2D eigenvalue weighted by atomic mass is 10.1. The summed E-state index contributed by atoms with van der Waals surface area (Å²) in [6.07, 6.45) is 43.6. The quantitative estimate of drug-likeness (QED) is 0.0134. The number of esters is 2. The van der Waals surface area contributed by atoms with Crippen LogP contribution in [0.25, 0.3) is 0 Å². The highest BCUT2D eigenvalue weighted by Gasteiger charge is 2.22. The number of ether oxygens (including phenoxy) is 2. The number of nitrogens with zero attached hydrogens (tertiary/aromatic N) is 1. The molecule has 12 nitrogen and oxygen atoms in total. The molecular formula is C50H82NO11P. The van der Waals surface area contributed by atoms with E-state index in [1.807, 2.05) is 33.3 Å². The third-order valence-electron chi connectivity index (χ3n) is 9.15. The summed E-state index contributed by atoms with van der Waals surface area (Å²) in [5, 5.41) is 30.6. The van der Waals surface area contributed by atoms with Crippen molar-refractivity contribution < 1.29 is 57.4 Å². The van der Waals surface area contributed by atoms with Gasteiger partial charge >= 0.3 is 11.9 Å². The first-order valence-electron chi connectivity index (χ1n) is 22.9. The van der Waals surface area contributed by atoms with E-state index < -0.39 is 57.4 Å². The van der Waals surface area contributed by atoms with Gasteiger partial charge in [-0.3, -0.25) is 14.2 Å². The smallest absolute Gasteiger partial charge is 0.306 e. The molecule has 0 aromatic rings. The van der Waals surface area contributed by atoms with Gasteiger partial charge in [-0.05, 0) is 64.2 Å². The Morgan fingerprint density at radius 2 is 1.16 bits per heavy atom. The van der Waals surface area contributed by atoms with E-state index in [9.17, 15) is 34.4 Å². The molecule has 0 aliphatic carbocycles. The first-order chi connectivity index (χ1) is 30.2. The normalized spacial score (nSPS) is 16.0. The maximum atomic E-state index is 12.7. The number of quaternary nitrogens is 1. The predicted octanol–water partition coefficient (Wildman–Crippen LogP) is 9.41. The molecule has 0 spiro atoms. The number of phosphoric ester groups is 1. The van der Waals surface area contributed by atoms with Crippen molar-refractivity contribution in [3.8, 4) is 0 Å². The molecule has 0 heterocycles.